The predicted molar refractivity (Wildman–Crippen MR) is 114 cm³/mol. The van der Waals surface area contributed by atoms with Gasteiger partial charge in [0.1, 0.15) is 22.4 Å². The van der Waals surface area contributed by atoms with Crippen LogP contribution in [0.3, 0.4) is 0 Å². The third kappa shape index (κ3) is 5.71. The standard InChI is InChI=1S/C21H26N4O3S/c1-4-29-19(16-8-5-6-9-18(16)26)21-24-23-20(28-21)17-11-10-15(14-22-17)27-13-7-12-25(2)3/h5-6,8-11,14,19,26H,4,7,12-13H2,1-3H3. The van der Waals surface area contributed by atoms with Crippen molar-refractivity contribution in [1.82, 2.24) is 20.1 Å². The number of phenols is 1. The third-order valence-corrected chi connectivity index (χ3v) is 5.31. The highest BCUT2D eigenvalue weighted by Gasteiger charge is 2.24. The van der Waals surface area contributed by atoms with Crippen LogP contribution in [0.15, 0.2) is 47.0 Å². The smallest absolute Gasteiger partial charge is 0.266 e. The zero-order chi connectivity index (χ0) is 20.6. The molecule has 3 rings (SSSR count). The molecule has 7 nitrogen and oxygen atoms in total. The molecule has 0 radical (unpaired) electrons. The molecule has 1 unspecified atom stereocenters. The van der Waals surface area contributed by atoms with E-state index in [1.165, 1.54) is 0 Å². The summed E-state index contributed by atoms with van der Waals surface area (Å²) in [7, 11) is 4.08. The molecular formula is C21H26N4O3S. The Morgan fingerprint density at radius 1 is 1.17 bits per heavy atom. The lowest BCUT2D eigenvalue weighted by Crippen LogP contribution is -2.15. The van der Waals surface area contributed by atoms with Crippen LogP contribution >= 0.6 is 11.8 Å². The largest absolute Gasteiger partial charge is 0.508 e. The van der Waals surface area contributed by atoms with E-state index in [2.05, 4.69) is 20.1 Å². The van der Waals surface area contributed by atoms with E-state index >= 15 is 0 Å². The van der Waals surface area contributed by atoms with Crippen molar-refractivity contribution in [3.8, 4) is 23.1 Å². The number of pyridine rings is 1. The molecule has 2 heterocycles. The SMILES string of the molecule is CCSC(c1nnc(-c2ccc(OCCCN(C)C)cn2)o1)c1ccccc1O. The van der Waals surface area contributed by atoms with Gasteiger partial charge in [-0.3, -0.25) is 0 Å². The van der Waals surface area contributed by atoms with E-state index in [1.54, 1.807) is 36.2 Å². The summed E-state index contributed by atoms with van der Waals surface area (Å²) in [6.07, 6.45) is 2.61. The average Bonchev–Trinajstić information content (AvgIpc) is 3.20. The average molecular weight is 415 g/mol. The van der Waals surface area contributed by atoms with E-state index in [0.29, 0.717) is 29.8 Å². The third-order valence-electron chi connectivity index (χ3n) is 4.19. The Labute approximate surface area is 175 Å². The van der Waals surface area contributed by atoms with Gasteiger partial charge in [-0.2, -0.15) is 0 Å². The van der Waals surface area contributed by atoms with Crippen LogP contribution in [-0.2, 0) is 0 Å². The summed E-state index contributed by atoms with van der Waals surface area (Å²) in [5.41, 5.74) is 1.34. The van der Waals surface area contributed by atoms with Crippen LogP contribution < -0.4 is 4.74 Å². The number of ether oxygens (including phenoxy) is 1. The minimum absolute atomic E-state index is 0.215. The monoisotopic (exact) mass is 414 g/mol. The van der Waals surface area contributed by atoms with Crippen LogP contribution in [0.25, 0.3) is 11.6 Å². The van der Waals surface area contributed by atoms with Crippen molar-refractivity contribution >= 4 is 11.8 Å². The van der Waals surface area contributed by atoms with Crippen LogP contribution in [-0.4, -0.2) is 58.2 Å². The number of nitrogens with zero attached hydrogens (tertiary/aromatic N) is 4. The molecule has 0 aliphatic rings. The van der Waals surface area contributed by atoms with Crippen LogP contribution in [0.4, 0.5) is 0 Å². The van der Waals surface area contributed by atoms with E-state index < -0.39 is 0 Å². The number of phenolic OH excluding ortho intramolecular Hbond substituents is 1. The lowest BCUT2D eigenvalue weighted by Gasteiger charge is -2.13. The van der Waals surface area contributed by atoms with Crippen molar-refractivity contribution in [2.24, 2.45) is 0 Å². The van der Waals surface area contributed by atoms with Gasteiger partial charge in [-0.05, 0) is 44.5 Å². The molecule has 154 valence electrons. The molecule has 0 amide bonds. The second-order valence-corrected chi connectivity index (χ2v) is 8.11. The maximum absolute atomic E-state index is 10.2. The predicted octanol–water partition coefficient (Wildman–Crippen LogP) is 4.01. The van der Waals surface area contributed by atoms with Gasteiger partial charge in [0.25, 0.3) is 5.89 Å². The Balaban J connectivity index is 1.70. The molecule has 1 N–H and O–H groups in total. The van der Waals surface area contributed by atoms with E-state index in [9.17, 15) is 5.11 Å². The molecule has 0 spiro atoms. The fourth-order valence-corrected chi connectivity index (χ4v) is 3.73. The topological polar surface area (TPSA) is 84.5 Å². The van der Waals surface area contributed by atoms with Crippen molar-refractivity contribution in [3.05, 3.63) is 54.0 Å². The molecule has 1 aromatic carbocycles. The van der Waals surface area contributed by atoms with Gasteiger partial charge >= 0.3 is 0 Å². The molecule has 2 aromatic heterocycles. The van der Waals surface area contributed by atoms with E-state index in [-0.39, 0.29) is 11.0 Å². The Morgan fingerprint density at radius 2 is 2.00 bits per heavy atom. The molecule has 0 aliphatic heterocycles. The summed E-state index contributed by atoms with van der Waals surface area (Å²) < 4.78 is 11.6. The number of aromatic hydroxyl groups is 1. The second-order valence-electron chi connectivity index (χ2n) is 6.72. The molecular weight excluding hydrogens is 388 g/mol. The summed E-state index contributed by atoms with van der Waals surface area (Å²) in [5, 5.41) is 18.3. The summed E-state index contributed by atoms with van der Waals surface area (Å²) in [6, 6.07) is 10.9. The number of hydrogen-bond acceptors (Lipinski definition) is 8. The maximum Gasteiger partial charge on any atom is 0.266 e. The molecule has 0 bridgehead atoms. The number of thioether (sulfide) groups is 1. The van der Waals surface area contributed by atoms with Crippen molar-refractivity contribution in [1.29, 1.82) is 0 Å². The van der Waals surface area contributed by atoms with Gasteiger partial charge in [0.2, 0.25) is 5.89 Å². The number of hydrogen-bond donors (Lipinski definition) is 1. The highest BCUT2D eigenvalue weighted by Crippen LogP contribution is 2.39. The zero-order valence-corrected chi connectivity index (χ0v) is 17.7. The van der Waals surface area contributed by atoms with Crippen molar-refractivity contribution < 1.29 is 14.3 Å². The first-order chi connectivity index (χ1) is 14.1. The van der Waals surface area contributed by atoms with Crippen LogP contribution in [0.2, 0.25) is 0 Å². The van der Waals surface area contributed by atoms with Crippen LogP contribution in [0.1, 0.15) is 30.0 Å². The van der Waals surface area contributed by atoms with E-state index in [0.717, 1.165) is 24.3 Å². The molecule has 8 heteroatoms. The van der Waals surface area contributed by atoms with Crippen molar-refractivity contribution in [2.75, 3.05) is 33.0 Å². The van der Waals surface area contributed by atoms with Gasteiger partial charge in [-0.25, -0.2) is 4.98 Å². The summed E-state index contributed by atoms with van der Waals surface area (Å²) in [4.78, 5) is 6.51. The Morgan fingerprint density at radius 3 is 2.69 bits per heavy atom. The van der Waals surface area contributed by atoms with Gasteiger partial charge in [0.05, 0.1) is 12.8 Å². The molecule has 3 aromatic rings. The number of aromatic nitrogens is 3. The fraction of sp³-hybridized carbons (Fsp3) is 0.381. The molecule has 1 atom stereocenters. The van der Waals surface area contributed by atoms with E-state index in [1.807, 2.05) is 39.2 Å². The molecule has 0 saturated heterocycles. The van der Waals surface area contributed by atoms with Crippen LogP contribution in [0.5, 0.6) is 11.5 Å². The Kier molecular flexibility index (Phi) is 7.48. The summed E-state index contributed by atoms with van der Waals surface area (Å²) in [5.74, 6) is 2.55. The normalized spacial score (nSPS) is 12.3. The number of rotatable bonds is 10. The summed E-state index contributed by atoms with van der Waals surface area (Å²) >= 11 is 1.62. The van der Waals surface area contributed by atoms with Gasteiger partial charge in [0, 0.05) is 12.1 Å². The van der Waals surface area contributed by atoms with Crippen molar-refractivity contribution in [3.63, 3.8) is 0 Å². The van der Waals surface area contributed by atoms with Crippen LogP contribution in [0, 0.1) is 0 Å². The van der Waals surface area contributed by atoms with Gasteiger partial charge in [0.15, 0.2) is 0 Å². The first-order valence-corrected chi connectivity index (χ1v) is 10.6. The minimum atomic E-state index is -0.234. The summed E-state index contributed by atoms with van der Waals surface area (Å²) in [6.45, 7) is 3.67. The molecule has 0 aliphatic carbocycles. The minimum Gasteiger partial charge on any atom is -0.508 e. The van der Waals surface area contributed by atoms with Gasteiger partial charge in [-0.1, -0.05) is 25.1 Å². The lowest BCUT2D eigenvalue weighted by molar-refractivity contribution is 0.281. The van der Waals surface area contributed by atoms with Gasteiger partial charge in [-0.15, -0.1) is 22.0 Å². The first-order valence-electron chi connectivity index (χ1n) is 9.55. The fourth-order valence-electron chi connectivity index (χ4n) is 2.78. The maximum atomic E-state index is 10.2. The molecule has 0 saturated carbocycles. The lowest BCUT2D eigenvalue weighted by atomic mass is 10.1. The Hall–Kier alpha value is -2.58. The highest BCUT2D eigenvalue weighted by atomic mass is 32.2. The van der Waals surface area contributed by atoms with Gasteiger partial charge < -0.3 is 19.2 Å². The first kappa shape index (κ1) is 21.1. The molecule has 0 fully saturated rings. The van der Waals surface area contributed by atoms with Crippen molar-refractivity contribution in [2.45, 2.75) is 18.6 Å². The van der Waals surface area contributed by atoms with E-state index in [4.69, 9.17) is 9.15 Å². The number of para-hydroxylation sites is 1. The number of benzene rings is 1. The Bertz CT molecular complexity index is 899. The zero-order valence-electron chi connectivity index (χ0n) is 16.9. The molecule has 29 heavy (non-hydrogen) atoms. The second kappa shape index (κ2) is 10.3. The highest BCUT2D eigenvalue weighted by molar-refractivity contribution is 7.99. The quantitative estimate of drug-likeness (QED) is 0.498.